The van der Waals surface area contributed by atoms with Crippen LogP contribution >= 0.6 is 0 Å². The van der Waals surface area contributed by atoms with Crippen LogP contribution in [0.5, 0.6) is 0 Å². The van der Waals surface area contributed by atoms with Crippen LogP contribution < -0.4 is 0 Å². The van der Waals surface area contributed by atoms with Crippen molar-refractivity contribution in [2.24, 2.45) is 0 Å². The van der Waals surface area contributed by atoms with Crippen molar-refractivity contribution in [2.45, 2.75) is 57.8 Å². The fraction of sp³-hybridized carbons (Fsp3) is 0.444. The van der Waals surface area contributed by atoms with E-state index in [2.05, 4.69) is 88.5 Å². The normalized spacial score (nSPS) is 16.2. The highest BCUT2D eigenvalue weighted by molar-refractivity contribution is 6.76. The second-order valence-corrected chi connectivity index (χ2v) is 16.3. The molecule has 5 nitrogen and oxygen atoms in total. The molecule has 4 aromatic rings. The molecule has 1 aliphatic heterocycles. The molecule has 0 radical (unpaired) electrons. The number of rotatable bonds is 8. The number of ether oxygens (including phenoxy) is 1. The molecule has 1 aromatic carbocycles. The predicted molar refractivity (Wildman–Crippen MR) is 139 cm³/mol. The van der Waals surface area contributed by atoms with Gasteiger partial charge in [0.25, 0.3) is 0 Å². The van der Waals surface area contributed by atoms with Crippen LogP contribution in [0, 0.1) is 0 Å². The number of pyridine rings is 1. The van der Waals surface area contributed by atoms with Gasteiger partial charge in [-0.25, -0.2) is 4.98 Å². The van der Waals surface area contributed by atoms with Crippen molar-refractivity contribution in [3.8, 4) is 0 Å². The molecular weight excluding hydrogens is 424 g/mol. The number of benzene rings is 1. The number of nitrogens with zero attached hydrogens (tertiary/aromatic N) is 4. The van der Waals surface area contributed by atoms with Crippen molar-refractivity contribution >= 4 is 30.0 Å². The molecule has 0 amide bonds. The van der Waals surface area contributed by atoms with Crippen LogP contribution in [0.1, 0.15) is 24.4 Å². The van der Waals surface area contributed by atoms with Crippen molar-refractivity contribution in [2.75, 3.05) is 19.7 Å². The van der Waals surface area contributed by atoms with Crippen LogP contribution in [-0.2, 0) is 18.0 Å². The first kappa shape index (κ1) is 22.4. The lowest BCUT2D eigenvalue weighted by molar-refractivity contribution is 0.0899. The van der Waals surface area contributed by atoms with Crippen LogP contribution in [-0.4, -0.2) is 46.8 Å². The zero-order valence-electron chi connectivity index (χ0n) is 20.2. The third-order valence-electron chi connectivity index (χ3n) is 6.89. The minimum atomic E-state index is -1.07. The van der Waals surface area contributed by atoms with Gasteiger partial charge in [-0.1, -0.05) is 50.0 Å². The zero-order valence-corrected chi connectivity index (χ0v) is 21.2. The van der Waals surface area contributed by atoms with Crippen LogP contribution in [0.3, 0.4) is 0 Å². The zero-order chi connectivity index (χ0) is 22.8. The van der Waals surface area contributed by atoms with Gasteiger partial charge in [-0.15, -0.1) is 0 Å². The molecule has 3 aromatic heterocycles. The monoisotopic (exact) mass is 460 g/mol. The summed E-state index contributed by atoms with van der Waals surface area (Å²) in [6, 6.07) is 17.0. The maximum Gasteiger partial charge on any atom is 0.143 e. The highest BCUT2D eigenvalue weighted by Crippen LogP contribution is 2.32. The van der Waals surface area contributed by atoms with E-state index in [4.69, 9.17) is 9.72 Å². The number of piperidine rings is 1. The topological polar surface area (TPSA) is 35.2 Å². The first-order chi connectivity index (χ1) is 16.0. The summed E-state index contributed by atoms with van der Waals surface area (Å²) in [5, 5.41) is 2.46. The van der Waals surface area contributed by atoms with Crippen molar-refractivity contribution in [1.82, 2.24) is 19.0 Å². The quantitative estimate of drug-likeness (QED) is 0.234. The fourth-order valence-corrected chi connectivity index (χ4v) is 5.69. The Morgan fingerprint density at radius 3 is 2.55 bits per heavy atom. The van der Waals surface area contributed by atoms with Gasteiger partial charge >= 0.3 is 0 Å². The minimum absolute atomic E-state index is 0.538. The molecule has 1 aliphatic rings. The summed E-state index contributed by atoms with van der Waals surface area (Å²) in [6.45, 7) is 11.9. The summed E-state index contributed by atoms with van der Waals surface area (Å²) < 4.78 is 10.7. The van der Waals surface area contributed by atoms with E-state index in [0.717, 1.165) is 31.9 Å². The number of hydrogen-bond acceptors (Lipinski definition) is 3. The SMILES string of the molecule is C[Si](C)(C)CCOCn1ccc2c1ncc1ccn(C3CCN(Cc4ccccc4)CC3)c12. The number of hydrogen-bond donors (Lipinski definition) is 0. The number of fused-ring (bicyclic) bond motifs is 3. The lowest BCUT2D eigenvalue weighted by Crippen LogP contribution is -2.34. The molecule has 0 N–H and O–H groups in total. The Kier molecular flexibility index (Phi) is 6.41. The summed E-state index contributed by atoms with van der Waals surface area (Å²) in [5.41, 5.74) is 3.75. The number of aromatic nitrogens is 3. The van der Waals surface area contributed by atoms with Gasteiger partial charge in [0.2, 0.25) is 0 Å². The van der Waals surface area contributed by atoms with Gasteiger partial charge < -0.3 is 13.9 Å². The summed E-state index contributed by atoms with van der Waals surface area (Å²) in [6.07, 6.45) is 8.79. The van der Waals surface area contributed by atoms with Gasteiger partial charge in [-0.3, -0.25) is 4.90 Å². The Labute approximate surface area is 198 Å². The van der Waals surface area contributed by atoms with Crippen molar-refractivity contribution < 1.29 is 4.74 Å². The Bertz CT molecular complexity index is 1200. The molecule has 1 saturated heterocycles. The fourth-order valence-electron chi connectivity index (χ4n) is 4.93. The molecule has 0 unspecified atom stereocenters. The lowest BCUT2D eigenvalue weighted by atomic mass is 10.0. The molecular formula is C27H36N4OSi. The van der Waals surface area contributed by atoms with Gasteiger partial charge in [0.1, 0.15) is 12.4 Å². The highest BCUT2D eigenvalue weighted by atomic mass is 28.3. The van der Waals surface area contributed by atoms with Crippen LogP contribution in [0.2, 0.25) is 25.7 Å². The van der Waals surface area contributed by atoms with Gasteiger partial charge in [0, 0.05) is 69.7 Å². The Morgan fingerprint density at radius 1 is 1.00 bits per heavy atom. The van der Waals surface area contributed by atoms with Gasteiger partial charge in [-0.2, -0.15) is 0 Å². The maximum absolute atomic E-state index is 6.01. The first-order valence-electron chi connectivity index (χ1n) is 12.3. The summed E-state index contributed by atoms with van der Waals surface area (Å²) >= 11 is 0. The van der Waals surface area contributed by atoms with Gasteiger partial charge in [-0.05, 0) is 36.6 Å². The lowest BCUT2D eigenvalue weighted by Gasteiger charge is -2.33. The van der Waals surface area contributed by atoms with E-state index in [9.17, 15) is 0 Å². The molecule has 0 spiro atoms. The van der Waals surface area contributed by atoms with E-state index in [0.29, 0.717) is 12.8 Å². The van der Waals surface area contributed by atoms with Crippen molar-refractivity contribution in [3.63, 3.8) is 0 Å². The molecule has 4 heterocycles. The Morgan fingerprint density at radius 2 is 1.79 bits per heavy atom. The third kappa shape index (κ3) is 5.08. The first-order valence-corrected chi connectivity index (χ1v) is 16.0. The summed E-state index contributed by atoms with van der Waals surface area (Å²) in [7, 11) is -1.07. The third-order valence-corrected chi connectivity index (χ3v) is 8.59. The van der Waals surface area contributed by atoms with Crippen LogP contribution in [0.25, 0.3) is 21.9 Å². The number of likely N-dealkylation sites (tertiary alicyclic amines) is 1. The largest absolute Gasteiger partial charge is 0.361 e. The van der Waals surface area contributed by atoms with Gasteiger partial charge in [0.15, 0.2) is 0 Å². The molecule has 5 rings (SSSR count). The molecule has 6 heteroatoms. The maximum atomic E-state index is 6.01. The van der Waals surface area contributed by atoms with Crippen molar-refractivity contribution in [3.05, 3.63) is 66.6 Å². The molecule has 0 bridgehead atoms. The molecule has 0 aliphatic carbocycles. The molecule has 0 saturated carbocycles. The van der Waals surface area contributed by atoms with E-state index < -0.39 is 8.07 Å². The van der Waals surface area contributed by atoms with E-state index in [1.165, 1.54) is 40.7 Å². The van der Waals surface area contributed by atoms with E-state index in [1.54, 1.807) is 0 Å². The summed E-state index contributed by atoms with van der Waals surface area (Å²) in [4.78, 5) is 7.37. The average Bonchev–Trinajstić information content (AvgIpc) is 3.41. The molecule has 174 valence electrons. The summed E-state index contributed by atoms with van der Waals surface area (Å²) in [5.74, 6) is 0. The Balaban J connectivity index is 1.30. The van der Waals surface area contributed by atoms with Crippen molar-refractivity contribution in [1.29, 1.82) is 0 Å². The predicted octanol–water partition coefficient (Wildman–Crippen LogP) is 6.14. The average molecular weight is 461 g/mol. The molecule has 0 atom stereocenters. The van der Waals surface area contributed by atoms with Crippen LogP contribution in [0.15, 0.2) is 61.1 Å². The Hall–Kier alpha value is -2.41. The van der Waals surface area contributed by atoms with Gasteiger partial charge in [0.05, 0.1) is 5.52 Å². The molecule has 33 heavy (non-hydrogen) atoms. The minimum Gasteiger partial charge on any atom is -0.361 e. The standard InChI is InChI=1S/C27H36N4OSi/c1-33(2,3)18-17-32-21-30-15-12-25-26-23(19-28-27(25)30)9-16-31(26)24-10-13-29(14-11-24)20-22-7-5-4-6-8-22/h4-9,12,15-16,19,24H,10-11,13-14,17-18,20-21H2,1-3H3. The van der Waals surface area contributed by atoms with Crippen LogP contribution in [0.4, 0.5) is 0 Å². The van der Waals surface area contributed by atoms with E-state index >= 15 is 0 Å². The second kappa shape index (κ2) is 9.45. The molecule has 1 fully saturated rings. The second-order valence-electron chi connectivity index (χ2n) is 10.6. The van der Waals surface area contributed by atoms with E-state index in [1.807, 2.05) is 6.20 Å². The smallest absolute Gasteiger partial charge is 0.143 e. The highest BCUT2D eigenvalue weighted by Gasteiger charge is 2.23. The van der Waals surface area contributed by atoms with E-state index in [-0.39, 0.29) is 0 Å².